The van der Waals surface area contributed by atoms with Crippen molar-refractivity contribution in [2.45, 2.75) is 6.92 Å². The maximum Gasteiger partial charge on any atom is 0.123 e. The van der Waals surface area contributed by atoms with Crippen LogP contribution in [0, 0.1) is 12.7 Å². The Labute approximate surface area is 98.9 Å². The van der Waals surface area contributed by atoms with Gasteiger partial charge in [-0.05, 0) is 36.2 Å². The second-order valence-electron chi connectivity index (χ2n) is 4.21. The van der Waals surface area contributed by atoms with E-state index >= 15 is 0 Å². The molecule has 1 N–H and O–H groups in total. The highest BCUT2D eigenvalue weighted by atomic mass is 19.1. The van der Waals surface area contributed by atoms with Crippen LogP contribution < -0.4 is 0 Å². The average Bonchev–Trinajstić information content (AvgIpc) is 2.75. The van der Waals surface area contributed by atoms with E-state index in [1.165, 1.54) is 23.1 Å². The SMILES string of the molecule is Cc1cccc2[nH]cc(-c3ccc(F)cc3)c12. The summed E-state index contributed by atoms with van der Waals surface area (Å²) in [5.41, 5.74) is 4.50. The number of benzene rings is 2. The zero-order chi connectivity index (χ0) is 11.8. The van der Waals surface area contributed by atoms with Crippen LogP contribution in [0.25, 0.3) is 22.0 Å². The van der Waals surface area contributed by atoms with E-state index in [9.17, 15) is 4.39 Å². The third kappa shape index (κ3) is 1.62. The van der Waals surface area contributed by atoms with Gasteiger partial charge in [0.15, 0.2) is 0 Å². The number of hydrogen-bond acceptors (Lipinski definition) is 0. The van der Waals surface area contributed by atoms with Crippen molar-refractivity contribution in [1.82, 2.24) is 4.98 Å². The second-order valence-corrected chi connectivity index (χ2v) is 4.21. The topological polar surface area (TPSA) is 15.8 Å². The van der Waals surface area contributed by atoms with Crippen LogP contribution in [-0.4, -0.2) is 4.98 Å². The van der Waals surface area contributed by atoms with Gasteiger partial charge in [0.05, 0.1) is 0 Å². The summed E-state index contributed by atoms with van der Waals surface area (Å²) in [6, 6.07) is 12.8. The van der Waals surface area contributed by atoms with E-state index in [0.29, 0.717) is 0 Å². The minimum absolute atomic E-state index is 0.203. The lowest BCUT2D eigenvalue weighted by atomic mass is 10.0. The summed E-state index contributed by atoms with van der Waals surface area (Å²) in [7, 11) is 0. The highest BCUT2D eigenvalue weighted by Crippen LogP contribution is 2.30. The smallest absolute Gasteiger partial charge is 0.123 e. The largest absolute Gasteiger partial charge is 0.361 e. The predicted molar refractivity (Wildman–Crippen MR) is 68.4 cm³/mol. The van der Waals surface area contributed by atoms with Crippen LogP contribution >= 0.6 is 0 Å². The molecule has 2 heteroatoms. The number of aryl methyl sites for hydroxylation is 1. The van der Waals surface area contributed by atoms with Crippen LogP contribution in [0.5, 0.6) is 0 Å². The fraction of sp³-hybridized carbons (Fsp3) is 0.0667. The molecule has 3 aromatic rings. The van der Waals surface area contributed by atoms with Gasteiger partial charge in [-0.2, -0.15) is 0 Å². The van der Waals surface area contributed by atoms with Gasteiger partial charge in [0, 0.05) is 22.7 Å². The minimum Gasteiger partial charge on any atom is -0.361 e. The molecule has 84 valence electrons. The number of hydrogen-bond donors (Lipinski definition) is 1. The third-order valence-corrected chi connectivity index (χ3v) is 3.07. The second kappa shape index (κ2) is 3.74. The molecule has 1 heterocycles. The summed E-state index contributed by atoms with van der Waals surface area (Å²) in [6.45, 7) is 2.09. The molecule has 0 aliphatic heterocycles. The third-order valence-electron chi connectivity index (χ3n) is 3.07. The van der Waals surface area contributed by atoms with E-state index in [-0.39, 0.29) is 5.82 Å². The zero-order valence-corrected chi connectivity index (χ0v) is 9.50. The van der Waals surface area contributed by atoms with Gasteiger partial charge in [-0.25, -0.2) is 4.39 Å². The highest BCUT2D eigenvalue weighted by Gasteiger charge is 2.07. The molecule has 0 aliphatic rings. The van der Waals surface area contributed by atoms with Gasteiger partial charge in [0.25, 0.3) is 0 Å². The van der Waals surface area contributed by atoms with Crippen molar-refractivity contribution in [3.63, 3.8) is 0 Å². The van der Waals surface area contributed by atoms with Crippen molar-refractivity contribution in [2.24, 2.45) is 0 Å². The molecule has 2 aromatic carbocycles. The van der Waals surface area contributed by atoms with Gasteiger partial charge in [-0.3, -0.25) is 0 Å². The first-order valence-electron chi connectivity index (χ1n) is 5.58. The molecule has 0 radical (unpaired) electrons. The average molecular weight is 225 g/mol. The van der Waals surface area contributed by atoms with Gasteiger partial charge < -0.3 is 4.98 Å². The number of halogens is 1. The Morgan fingerprint density at radius 1 is 1.00 bits per heavy atom. The van der Waals surface area contributed by atoms with Crippen molar-refractivity contribution in [3.8, 4) is 11.1 Å². The normalized spacial score (nSPS) is 10.9. The Balaban J connectivity index is 2.27. The number of aromatic amines is 1. The van der Waals surface area contributed by atoms with E-state index in [2.05, 4.69) is 24.0 Å². The van der Waals surface area contributed by atoms with Crippen LogP contribution in [0.1, 0.15) is 5.56 Å². The van der Waals surface area contributed by atoms with Crippen molar-refractivity contribution < 1.29 is 4.39 Å². The maximum absolute atomic E-state index is 12.9. The molecule has 1 nitrogen and oxygen atoms in total. The Morgan fingerprint density at radius 2 is 1.76 bits per heavy atom. The quantitative estimate of drug-likeness (QED) is 0.636. The van der Waals surface area contributed by atoms with E-state index < -0.39 is 0 Å². The fourth-order valence-electron chi connectivity index (χ4n) is 2.22. The van der Waals surface area contributed by atoms with Crippen LogP contribution in [-0.2, 0) is 0 Å². The minimum atomic E-state index is -0.203. The van der Waals surface area contributed by atoms with Crippen molar-refractivity contribution >= 4 is 10.9 Å². The summed E-state index contributed by atoms with van der Waals surface area (Å²) < 4.78 is 12.9. The molecule has 1 aromatic heterocycles. The molecular weight excluding hydrogens is 213 g/mol. The van der Waals surface area contributed by atoms with Crippen LogP contribution in [0.3, 0.4) is 0 Å². The zero-order valence-electron chi connectivity index (χ0n) is 9.50. The standard InChI is InChI=1S/C15H12FN/c1-10-3-2-4-14-15(10)13(9-17-14)11-5-7-12(16)8-6-11/h2-9,17H,1H3. The highest BCUT2D eigenvalue weighted by molar-refractivity contribution is 5.97. The lowest BCUT2D eigenvalue weighted by molar-refractivity contribution is 0.628. The summed E-state index contributed by atoms with van der Waals surface area (Å²) in [5, 5.41) is 1.21. The van der Waals surface area contributed by atoms with Crippen LogP contribution in [0.2, 0.25) is 0 Å². The van der Waals surface area contributed by atoms with Crippen molar-refractivity contribution in [1.29, 1.82) is 0 Å². The summed E-state index contributed by atoms with van der Waals surface area (Å²) in [6.07, 6.45) is 1.98. The van der Waals surface area contributed by atoms with Crippen molar-refractivity contribution in [3.05, 3.63) is 60.0 Å². The van der Waals surface area contributed by atoms with E-state index in [1.54, 1.807) is 0 Å². The lowest BCUT2D eigenvalue weighted by Crippen LogP contribution is -1.79. The monoisotopic (exact) mass is 225 g/mol. The van der Waals surface area contributed by atoms with E-state index in [4.69, 9.17) is 0 Å². The Morgan fingerprint density at radius 3 is 2.53 bits per heavy atom. The molecule has 0 unspecified atom stereocenters. The van der Waals surface area contributed by atoms with Gasteiger partial charge in [0.1, 0.15) is 5.82 Å². The van der Waals surface area contributed by atoms with Gasteiger partial charge in [-0.15, -0.1) is 0 Å². The molecule has 0 fully saturated rings. The van der Waals surface area contributed by atoms with Gasteiger partial charge >= 0.3 is 0 Å². The number of H-pyrrole nitrogens is 1. The van der Waals surface area contributed by atoms with Crippen LogP contribution in [0.15, 0.2) is 48.7 Å². The first-order chi connectivity index (χ1) is 8.25. The lowest BCUT2D eigenvalue weighted by Gasteiger charge is -2.02. The molecule has 3 rings (SSSR count). The molecular formula is C15H12FN. The number of fused-ring (bicyclic) bond motifs is 1. The van der Waals surface area contributed by atoms with E-state index in [1.807, 2.05) is 24.4 Å². The Hall–Kier alpha value is -2.09. The van der Waals surface area contributed by atoms with E-state index in [0.717, 1.165) is 16.6 Å². The number of nitrogens with one attached hydrogen (secondary N) is 1. The summed E-state index contributed by atoms with van der Waals surface area (Å²) in [5.74, 6) is -0.203. The van der Waals surface area contributed by atoms with Crippen molar-refractivity contribution in [2.75, 3.05) is 0 Å². The van der Waals surface area contributed by atoms with Crippen LogP contribution in [0.4, 0.5) is 4.39 Å². The number of aromatic nitrogens is 1. The molecule has 0 saturated carbocycles. The molecule has 0 aliphatic carbocycles. The van der Waals surface area contributed by atoms with Gasteiger partial charge in [-0.1, -0.05) is 24.3 Å². The fourth-order valence-corrected chi connectivity index (χ4v) is 2.22. The molecule has 0 amide bonds. The molecule has 0 saturated heterocycles. The molecule has 0 spiro atoms. The Kier molecular flexibility index (Phi) is 2.22. The first kappa shape index (κ1) is 10.1. The maximum atomic E-state index is 12.9. The first-order valence-corrected chi connectivity index (χ1v) is 5.58. The number of rotatable bonds is 1. The molecule has 0 bridgehead atoms. The molecule has 0 atom stereocenters. The summed E-state index contributed by atoms with van der Waals surface area (Å²) >= 11 is 0. The summed E-state index contributed by atoms with van der Waals surface area (Å²) in [4.78, 5) is 3.25. The predicted octanol–water partition coefficient (Wildman–Crippen LogP) is 4.28. The van der Waals surface area contributed by atoms with Gasteiger partial charge in [0.2, 0.25) is 0 Å². The Bertz CT molecular complexity index is 665. The molecule has 17 heavy (non-hydrogen) atoms.